The van der Waals surface area contributed by atoms with Gasteiger partial charge in [0.25, 0.3) is 0 Å². The van der Waals surface area contributed by atoms with Gasteiger partial charge in [0.15, 0.2) is 0 Å². The molecule has 0 unspecified atom stereocenters. The summed E-state index contributed by atoms with van der Waals surface area (Å²) in [7, 11) is 0. The molecular formula is C16H19FN4O3. The molecule has 1 atom stereocenters. The number of hydrogen-bond acceptors (Lipinski definition) is 4. The summed E-state index contributed by atoms with van der Waals surface area (Å²) in [4.78, 5) is 22.9. The molecule has 0 saturated carbocycles. The Morgan fingerprint density at radius 2 is 2.08 bits per heavy atom. The Morgan fingerprint density at radius 1 is 1.42 bits per heavy atom. The van der Waals surface area contributed by atoms with Crippen LogP contribution in [0, 0.1) is 42.6 Å². The molecule has 0 aliphatic carbocycles. The number of nitrogens with zero attached hydrogens (tertiary/aromatic N) is 3. The topological polar surface area (TPSA) is 90.1 Å². The molecule has 0 radical (unpaired) electrons. The van der Waals surface area contributed by atoms with E-state index in [1.807, 2.05) is 0 Å². The highest BCUT2D eigenvalue weighted by Gasteiger charge is 2.24. The Bertz CT molecular complexity index is 801. The third-order valence-corrected chi connectivity index (χ3v) is 3.88. The predicted molar refractivity (Wildman–Crippen MR) is 87.3 cm³/mol. The lowest BCUT2D eigenvalue weighted by Gasteiger charge is -2.14. The summed E-state index contributed by atoms with van der Waals surface area (Å²) in [6.07, 6.45) is 0. The highest BCUT2D eigenvalue weighted by Crippen LogP contribution is 2.23. The number of rotatable bonds is 5. The van der Waals surface area contributed by atoms with Crippen molar-refractivity contribution in [2.45, 2.75) is 34.2 Å². The van der Waals surface area contributed by atoms with Gasteiger partial charge in [0.1, 0.15) is 17.2 Å². The van der Waals surface area contributed by atoms with Crippen molar-refractivity contribution in [2.24, 2.45) is 5.92 Å². The average Bonchev–Trinajstić information content (AvgIpc) is 2.77. The fourth-order valence-electron chi connectivity index (χ4n) is 2.46. The SMILES string of the molecule is Cc1ccc(F)cc1NC(=O)[C@H](C)Cn1nc(C)c([N+](=O)[O-])c1C. The van der Waals surface area contributed by atoms with Crippen molar-refractivity contribution in [2.75, 3.05) is 5.32 Å². The Kier molecular flexibility index (Phi) is 4.96. The van der Waals surface area contributed by atoms with Crippen molar-refractivity contribution in [3.8, 4) is 0 Å². The van der Waals surface area contributed by atoms with Crippen LogP contribution in [0.3, 0.4) is 0 Å². The molecule has 0 fully saturated rings. The van der Waals surface area contributed by atoms with Gasteiger partial charge in [0, 0.05) is 5.69 Å². The van der Waals surface area contributed by atoms with Gasteiger partial charge in [-0.25, -0.2) is 4.39 Å². The van der Waals surface area contributed by atoms with Gasteiger partial charge in [-0.3, -0.25) is 19.6 Å². The molecule has 1 aromatic carbocycles. The number of nitro groups is 1. The number of aryl methyl sites for hydroxylation is 2. The Labute approximate surface area is 138 Å². The summed E-state index contributed by atoms with van der Waals surface area (Å²) in [5, 5.41) is 17.8. The summed E-state index contributed by atoms with van der Waals surface area (Å²) in [6, 6.07) is 4.16. The first kappa shape index (κ1) is 17.6. The first-order valence-corrected chi connectivity index (χ1v) is 7.46. The molecule has 0 spiro atoms. The zero-order valence-corrected chi connectivity index (χ0v) is 14.0. The molecule has 2 aromatic rings. The number of anilines is 1. The number of amides is 1. The summed E-state index contributed by atoms with van der Waals surface area (Å²) < 4.78 is 14.7. The van der Waals surface area contributed by atoms with E-state index < -0.39 is 16.7 Å². The Balaban J connectivity index is 2.14. The smallest absolute Gasteiger partial charge is 0.312 e. The van der Waals surface area contributed by atoms with Gasteiger partial charge in [0.2, 0.25) is 5.91 Å². The number of hydrogen-bond donors (Lipinski definition) is 1. The van der Waals surface area contributed by atoms with Gasteiger partial charge in [-0.05, 0) is 38.5 Å². The van der Waals surface area contributed by atoms with E-state index in [2.05, 4.69) is 10.4 Å². The van der Waals surface area contributed by atoms with E-state index >= 15 is 0 Å². The van der Waals surface area contributed by atoms with E-state index in [9.17, 15) is 19.3 Å². The van der Waals surface area contributed by atoms with Crippen molar-refractivity contribution < 1.29 is 14.1 Å². The van der Waals surface area contributed by atoms with Gasteiger partial charge in [-0.2, -0.15) is 5.10 Å². The molecule has 128 valence electrons. The minimum atomic E-state index is -0.495. The zero-order chi connectivity index (χ0) is 18.0. The number of carbonyl (C=O) groups is 1. The number of carbonyl (C=O) groups excluding carboxylic acids is 1. The van der Waals surface area contributed by atoms with E-state index in [0.717, 1.165) is 5.56 Å². The van der Waals surface area contributed by atoms with Crippen LogP contribution in [0.1, 0.15) is 23.9 Å². The van der Waals surface area contributed by atoms with E-state index in [0.29, 0.717) is 17.1 Å². The quantitative estimate of drug-likeness (QED) is 0.672. The fourth-order valence-corrected chi connectivity index (χ4v) is 2.46. The molecule has 1 N–H and O–H groups in total. The Hall–Kier alpha value is -2.77. The van der Waals surface area contributed by atoms with E-state index in [1.165, 1.54) is 16.8 Å². The van der Waals surface area contributed by atoms with E-state index in [4.69, 9.17) is 0 Å². The van der Waals surface area contributed by atoms with Crippen LogP contribution in [0.15, 0.2) is 18.2 Å². The van der Waals surface area contributed by atoms with E-state index in [1.54, 1.807) is 33.8 Å². The largest absolute Gasteiger partial charge is 0.325 e. The highest BCUT2D eigenvalue weighted by atomic mass is 19.1. The third kappa shape index (κ3) is 3.58. The summed E-state index contributed by atoms with van der Waals surface area (Å²) >= 11 is 0. The number of benzene rings is 1. The van der Waals surface area contributed by atoms with Crippen LogP contribution in [0.25, 0.3) is 0 Å². The normalized spacial score (nSPS) is 12.0. The first-order valence-electron chi connectivity index (χ1n) is 7.46. The minimum absolute atomic E-state index is 0.0383. The second-order valence-corrected chi connectivity index (χ2v) is 5.81. The lowest BCUT2D eigenvalue weighted by Crippen LogP contribution is -2.25. The second kappa shape index (κ2) is 6.77. The lowest BCUT2D eigenvalue weighted by molar-refractivity contribution is -0.386. The van der Waals surface area contributed by atoms with Crippen molar-refractivity contribution in [3.63, 3.8) is 0 Å². The number of aromatic nitrogens is 2. The van der Waals surface area contributed by atoms with Crippen molar-refractivity contribution in [1.29, 1.82) is 0 Å². The van der Waals surface area contributed by atoms with Crippen LogP contribution in [0.2, 0.25) is 0 Å². The minimum Gasteiger partial charge on any atom is -0.325 e. The number of halogens is 1. The second-order valence-electron chi connectivity index (χ2n) is 5.81. The molecule has 0 aliphatic heterocycles. The molecule has 7 nitrogen and oxygen atoms in total. The third-order valence-electron chi connectivity index (χ3n) is 3.88. The van der Waals surface area contributed by atoms with Crippen LogP contribution in [0.5, 0.6) is 0 Å². The van der Waals surface area contributed by atoms with Crippen molar-refractivity contribution >= 4 is 17.3 Å². The van der Waals surface area contributed by atoms with Crippen LogP contribution >= 0.6 is 0 Å². The van der Waals surface area contributed by atoms with E-state index in [-0.39, 0.29) is 18.1 Å². The van der Waals surface area contributed by atoms with Gasteiger partial charge < -0.3 is 5.32 Å². The summed E-state index contributed by atoms with van der Waals surface area (Å²) in [5.41, 5.74) is 1.83. The molecule has 1 aromatic heterocycles. The summed E-state index contributed by atoms with van der Waals surface area (Å²) in [6.45, 7) is 6.80. The molecule has 24 heavy (non-hydrogen) atoms. The van der Waals surface area contributed by atoms with Gasteiger partial charge in [-0.1, -0.05) is 13.0 Å². The molecule has 2 rings (SSSR count). The monoisotopic (exact) mass is 334 g/mol. The molecular weight excluding hydrogens is 315 g/mol. The van der Waals surface area contributed by atoms with Crippen LogP contribution in [-0.2, 0) is 11.3 Å². The maximum absolute atomic E-state index is 13.3. The van der Waals surface area contributed by atoms with Gasteiger partial charge >= 0.3 is 5.69 Å². The zero-order valence-electron chi connectivity index (χ0n) is 14.0. The van der Waals surface area contributed by atoms with Crippen LogP contribution < -0.4 is 5.32 Å². The van der Waals surface area contributed by atoms with Crippen molar-refractivity contribution in [3.05, 3.63) is 51.1 Å². The molecule has 1 amide bonds. The maximum Gasteiger partial charge on any atom is 0.312 e. The average molecular weight is 334 g/mol. The maximum atomic E-state index is 13.3. The molecule has 0 aliphatic rings. The molecule has 8 heteroatoms. The van der Waals surface area contributed by atoms with Crippen LogP contribution in [-0.4, -0.2) is 20.6 Å². The fraction of sp³-hybridized carbons (Fsp3) is 0.375. The first-order chi connectivity index (χ1) is 11.2. The van der Waals surface area contributed by atoms with Gasteiger partial charge in [0.05, 0.1) is 17.4 Å². The van der Waals surface area contributed by atoms with Crippen LogP contribution in [0.4, 0.5) is 15.8 Å². The van der Waals surface area contributed by atoms with Gasteiger partial charge in [-0.15, -0.1) is 0 Å². The lowest BCUT2D eigenvalue weighted by atomic mass is 10.1. The summed E-state index contributed by atoms with van der Waals surface area (Å²) in [5.74, 6) is -1.23. The Morgan fingerprint density at radius 3 is 2.67 bits per heavy atom. The standard InChI is InChI=1S/C16H19FN4O3/c1-9-5-6-13(17)7-14(9)18-16(22)10(2)8-20-12(4)15(21(23)24)11(3)19-20/h5-7,10H,8H2,1-4H3,(H,18,22)/t10-/m1/s1. The predicted octanol–water partition coefficient (Wildman–Crippen LogP) is 3.13. The molecule has 0 bridgehead atoms. The van der Waals surface area contributed by atoms with Crippen molar-refractivity contribution in [1.82, 2.24) is 9.78 Å². The number of nitrogens with one attached hydrogen (secondary N) is 1. The highest BCUT2D eigenvalue weighted by molar-refractivity contribution is 5.92. The molecule has 0 saturated heterocycles. The molecule has 1 heterocycles.